The zero-order chi connectivity index (χ0) is 21.5. The average molecular weight is 429 g/mol. The van der Waals surface area contributed by atoms with Gasteiger partial charge in [0.25, 0.3) is 0 Å². The van der Waals surface area contributed by atoms with E-state index in [1.165, 1.54) is 0 Å². The molecule has 4 rings (SSSR count). The largest absolute Gasteiger partial charge is 0.488 e. The number of rotatable bonds is 7. The number of carbonyl (C=O) groups excluding carboxylic acids is 1. The van der Waals surface area contributed by atoms with Crippen LogP contribution in [0.2, 0.25) is 5.02 Å². The molecular weight excluding hydrogens is 408 g/mol. The van der Waals surface area contributed by atoms with Gasteiger partial charge in [0.15, 0.2) is 0 Å². The third-order valence-electron chi connectivity index (χ3n) is 4.83. The fourth-order valence-corrected chi connectivity index (χ4v) is 3.55. The highest BCUT2D eigenvalue weighted by molar-refractivity contribution is 6.30. The third kappa shape index (κ3) is 5.50. The molecule has 4 aromatic carbocycles. The number of benzene rings is 4. The molecular formula is C26H21ClN2O2. The number of carbonyl (C=O) groups is 1. The van der Waals surface area contributed by atoms with Crippen molar-refractivity contribution in [2.45, 2.75) is 13.0 Å². The van der Waals surface area contributed by atoms with Gasteiger partial charge in [-0.2, -0.15) is 5.10 Å². The van der Waals surface area contributed by atoms with Crippen molar-refractivity contribution in [2.75, 3.05) is 0 Å². The molecule has 5 heteroatoms. The van der Waals surface area contributed by atoms with Crippen molar-refractivity contribution in [2.24, 2.45) is 5.10 Å². The number of para-hydroxylation sites is 1. The molecule has 0 aromatic heterocycles. The molecule has 0 fully saturated rings. The molecule has 0 unspecified atom stereocenters. The molecule has 0 bridgehead atoms. The van der Waals surface area contributed by atoms with Crippen LogP contribution in [-0.4, -0.2) is 12.1 Å². The summed E-state index contributed by atoms with van der Waals surface area (Å²) < 4.78 is 5.92. The van der Waals surface area contributed by atoms with E-state index in [0.29, 0.717) is 17.4 Å². The van der Waals surface area contributed by atoms with E-state index >= 15 is 0 Å². The van der Waals surface area contributed by atoms with Crippen LogP contribution in [-0.2, 0) is 17.8 Å². The molecule has 0 saturated heterocycles. The lowest BCUT2D eigenvalue weighted by atomic mass is 10.0. The number of halogens is 1. The summed E-state index contributed by atoms with van der Waals surface area (Å²) in [6.45, 7) is 0.388. The molecule has 0 aliphatic carbocycles. The van der Waals surface area contributed by atoms with Crippen LogP contribution in [0.4, 0.5) is 0 Å². The Hall–Kier alpha value is -3.63. The molecule has 4 aromatic rings. The fourth-order valence-electron chi connectivity index (χ4n) is 3.34. The second-order valence-electron chi connectivity index (χ2n) is 7.06. The van der Waals surface area contributed by atoms with E-state index < -0.39 is 0 Å². The third-order valence-corrected chi connectivity index (χ3v) is 5.06. The van der Waals surface area contributed by atoms with Crippen LogP contribution in [0.15, 0.2) is 96.1 Å². The number of fused-ring (bicyclic) bond motifs is 1. The second-order valence-corrected chi connectivity index (χ2v) is 7.50. The highest BCUT2D eigenvalue weighted by atomic mass is 35.5. The number of nitrogens with one attached hydrogen (secondary N) is 1. The minimum atomic E-state index is -0.176. The SMILES string of the molecule is O=C(Cc1cccc2ccccc12)N/N=C\c1ccccc1OCc1cccc(Cl)c1. The Bertz CT molecular complexity index is 1230. The Morgan fingerprint density at radius 1 is 0.935 bits per heavy atom. The van der Waals surface area contributed by atoms with Crippen molar-refractivity contribution < 1.29 is 9.53 Å². The molecule has 31 heavy (non-hydrogen) atoms. The van der Waals surface area contributed by atoms with Gasteiger partial charge in [-0.3, -0.25) is 4.79 Å². The zero-order valence-electron chi connectivity index (χ0n) is 16.8. The lowest BCUT2D eigenvalue weighted by Crippen LogP contribution is -2.20. The first-order valence-corrected chi connectivity index (χ1v) is 10.3. The smallest absolute Gasteiger partial charge is 0.244 e. The van der Waals surface area contributed by atoms with Crippen LogP contribution in [0.5, 0.6) is 5.75 Å². The van der Waals surface area contributed by atoms with E-state index in [1.54, 1.807) is 6.21 Å². The predicted octanol–water partition coefficient (Wildman–Crippen LogP) is 5.77. The highest BCUT2D eigenvalue weighted by Gasteiger charge is 2.06. The van der Waals surface area contributed by atoms with Crippen molar-refractivity contribution in [1.82, 2.24) is 5.43 Å². The normalized spacial score (nSPS) is 11.0. The molecule has 1 N–H and O–H groups in total. The molecule has 154 valence electrons. The summed E-state index contributed by atoms with van der Waals surface area (Å²) in [4.78, 5) is 12.4. The van der Waals surface area contributed by atoms with E-state index in [1.807, 2.05) is 91.0 Å². The summed E-state index contributed by atoms with van der Waals surface area (Å²) in [5.74, 6) is 0.499. The summed E-state index contributed by atoms with van der Waals surface area (Å²) in [5, 5.41) is 6.98. The van der Waals surface area contributed by atoms with E-state index in [-0.39, 0.29) is 12.3 Å². The molecule has 1 amide bonds. The maximum Gasteiger partial charge on any atom is 0.244 e. The van der Waals surface area contributed by atoms with Gasteiger partial charge in [0.1, 0.15) is 12.4 Å². The van der Waals surface area contributed by atoms with E-state index in [4.69, 9.17) is 16.3 Å². The van der Waals surface area contributed by atoms with Gasteiger partial charge in [-0.15, -0.1) is 0 Å². The Labute approximate surface area is 186 Å². The number of hydrogen-bond donors (Lipinski definition) is 1. The Kier molecular flexibility index (Phi) is 6.60. The lowest BCUT2D eigenvalue weighted by Gasteiger charge is -2.09. The summed E-state index contributed by atoms with van der Waals surface area (Å²) >= 11 is 6.03. The van der Waals surface area contributed by atoms with Crippen molar-refractivity contribution in [3.05, 3.63) is 113 Å². The van der Waals surface area contributed by atoms with Crippen molar-refractivity contribution in [3.63, 3.8) is 0 Å². The Morgan fingerprint density at radius 3 is 2.61 bits per heavy atom. The minimum Gasteiger partial charge on any atom is -0.488 e. The summed E-state index contributed by atoms with van der Waals surface area (Å²) in [6, 6.07) is 29.1. The van der Waals surface area contributed by atoms with Crippen LogP contribution >= 0.6 is 11.6 Å². The fraction of sp³-hybridized carbons (Fsp3) is 0.0769. The van der Waals surface area contributed by atoms with Gasteiger partial charge in [0.05, 0.1) is 12.6 Å². The van der Waals surface area contributed by atoms with Crippen LogP contribution in [0.25, 0.3) is 10.8 Å². The average Bonchev–Trinajstić information content (AvgIpc) is 2.79. The quantitative estimate of drug-likeness (QED) is 0.300. The first kappa shape index (κ1) is 20.6. The number of amides is 1. The van der Waals surface area contributed by atoms with E-state index in [9.17, 15) is 4.79 Å². The van der Waals surface area contributed by atoms with Crippen LogP contribution in [0.3, 0.4) is 0 Å². The number of nitrogens with zero attached hydrogens (tertiary/aromatic N) is 1. The number of ether oxygens (including phenoxy) is 1. The van der Waals surface area contributed by atoms with Crippen LogP contribution in [0.1, 0.15) is 16.7 Å². The lowest BCUT2D eigenvalue weighted by molar-refractivity contribution is -0.120. The van der Waals surface area contributed by atoms with Gasteiger partial charge in [-0.05, 0) is 46.2 Å². The first-order valence-electron chi connectivity index (χ1n) is 9.94. The maximum absolute atomic E-state index is 12.4. The molecule has 0 radical (unpaired) electrons. The van der Waals surface area contributed by atoms with Gasteiger partial charge < -0.3 is 4.74 Å². The monoisotopic (exact) mass is 428 g/mol. The predicted molar refractivity (Wildman–Crippen MR) is 126 cm³/mol. The first-order chi connectivity index (χ1) is 15.2. The minimum absolute atomic E-state index is 0.176. The number of hydrazone groups is 1. The van der Waals surface area contributed by atoms with Crippen molar-refractivity contribution in [1.29, 1.82) is 0 Å². The van der Waals surface area contributed by atoms with Crippen molar-refractivity contribution >= 4 is 34.5 Å². The summed E-state index contributed by atoms with van der Waals surface area (Å²) in [6.07, 6.45) is 1.85. The molecule has 0 atom stereocenters. The van der Waals surface area contributed by atoms with Gasteiger partial charge >= 0.3 is 0 Å². The molecule has 4 nitrogen and oxygen atoms in total. The van der Waals surface area contributed by atoms with Gasteiger partial charge in [0.2, 0.25) is 5.91 Å². The maximum atomic E-state index is 12.4. The Balaban J connectivity index is 1.39. The molecule has 0 aliphatic heterocycles. The zero-order valence-corrected chi connectivity index (χ0v) is 17.5. The van der Waals surface area contributed by atoms with E-state index in [2.05, 4.69) is 10.5 Å². The molecule has 0 spiro atoms. The van der Waals surface area contributed by atoms with Gasteiger partial charge in [-0.1, -0.05) is 78.3 Å². The summed E-state index contributed by atoms with van der Waals surface area (Å²) in [5.41, 5.74) is 5.33. The topological polar surface area (TPSA) is 50.7 Å². The molecule has 0 aliphatic rings. The van der Waals surface area contributed by atoms with Crippen LogP contribution < -0.4 is 10.2 Å². The molecule has 0 saturated carbocycles. The molecule has 0 heterocycles. The summed E-state index contributed by atoms with van der Waals surface area (Å²) in [7, 11) is 0. The van der Waals surface area contributed by atoms with Gasteiger partial charge in [-0.25, -0.2) is 5.43 Å². The van der Waals surface area contributed by atoms with Crippen LogP contribution in [0, 0.1) is 0 Å². The van der Waals surface area contributed by atoms with Crippen molar-refractivity contribution in [3.8, 4) is 5.75 Å². The Morgan fingerprint density at radius 2 is 1.71 bits per heavy atom. The second kappa shape index (κ2) is 9.92. The number of hydrogen-bond acceptors (Lipinski definition) is 3. The standard InChI is InChI=1S/C26H21ClN2O2/c27-23-12-5-7-19(15-23)18-31-25-14-4-2-9-22(25)17-28-29-26(30)16-21-11-6-10-20-8-1-3-13-24(20)21/h1-15,17H,16,18H2,(H,29,30)/b28-17-. The van der Waals surface area contributed by atoms with E-state index in [0.717, 1.165) is 27.5 Å². The highest BCUT2D eigenvalue weighted by Crippen LogP contribution is 2.20. The van der Waals surface area contributed by atoms with Gasteiger partial charge in [0, 0.05) is 10.6 Å².